The summed E-state index contributed by atoms with van der Waals surface area (Å²) in [6.45, 7) is 2.39. The van der Waals surface area contributed by atoms with E-state index >= 15 is 0 Å². The summed E-state index contributed by atoms with van der Waals surface area (Å²) in [6.07, 6.45) is 9.23. The van der Waals surface area contributed by atoms with Crippen molar-refractivity contribution in [2.45, 2.75) is 69.7 Å². The quantitative estimate of drug-likeness (QED) is 0.728. The molecule has 2 nitrogen and oxygen atoms in total. The third-order valence-electron chi connectivity index (χ3n) is 4.40. The van der Waals surface area contributed by atoms with Crippen LogP contribution in [-0.2, 0) is 4.74 Å². The number of hydrogen-bond acceptors (Lipinski definition) is 2. The Hall–Kier alpha value is -0.0800. The molecular formula is C12H21NO. The first-order valence-corrected chi connectivity index (χ1v) is 6.24. The highest BCUT2D eigenvalue weighted by Gasteiger charge is 2.42. The number of fused-ring (bicyclic) bond motifs is 2. The molecule has 2 heteroatoms. The predicted molar refractivity (Wildman–Crippen MR) is 56.2 cm³/mol. The van der Waals surface area contributed by atoms with Crippen molar-refractivity contribution >= 4 is 0 Å². The van der Waals surface area contributed by atoms with Crippen molar-refractivity contribution in [1.82, 2.24) is 5.32 Å². The highest BCUT2D eigenvalue weighted by molar-refractivity contribution is 4.96. The third-order valence-corrected chi connectivity index (χ3v) is 4.40. The van der Waals surface area contributed by atoms with Crippen LogP contribution >= 0.6 is 0 Å². The molecule has 2 bridgehead atoms. The Morgan fingerprint density at radius 2 is 2.00 bits per heavy atom. The highest BCUT2D eigenvalue weighted by atomic mass is 16.5. The van der Waals surface area contributed by atoms with Gasteiger partial charge in [0.25, 0.3) is 0 Å². The van der Waals surface area contributed by atoms with Crippen LogP contribution in [0.5, 0.6) is 0 Å². The molecule has 1 N–H and O–H groups in total. The van der Waals surface area contributed by atoms with E-state index in [1.165, 1.54) is 38.5 Å². The highest BCUT2D eigenvalue weighted by Crippen LogP contribution is 2.36. The molecule has 1 saturated carbocycles. The first-order chi connectivity index (χ1) is 6.83. The molecule has 2 aliphatic heterocycles. The summed E-state index contributed by atoms with van der Waals surface area (Å²) in [5.41, 5.74) is 0. The summed E-state index contributed by atoms with van der Waals surface area (Å²) in [6, 6.07) is 1.46. The SMILES string of the molecule is CC1CCCC1NC1CC2CCC1O2. The molecule has 0 aromatic rings. The zero-order chi connectivity index (χ0) is 9.54. The number of rotatable bonds is 2. The van der Waals surface area contributed by atoms with E-state index in [0.717, 1.165) is 12.0 Å². The Morgan fingerprint density at radius 1 is 1.07 bits per heavy atom. The van der Waals surface area contributed by atoms with E-state index in [-0.39, 0.29) is 0 Å². The molecular weight excluding hydrogens is 174 g/mol. The van der Waals surface area contributed by atoms with Crippen molar-refractivity contribution < 1.29 is 4.74 Å². The second-order valence-electron chi connectivity index (χ2n) is 5.40. The van der Waals surface area contributed by atoms with Gasteiger partial charge in [-0.05, 0) is 38.0 Å². The summed E-state index contributed by atoms with van der Waals surface area (Å²) in [4.78, 5) is 0. The van der Waals surface area contributed by atoms with Gasteiger partial charge in [0.05, 0.1) is 12.2 Å². The fourth-order valence-corrected chi connectivity index (χ4v) is 3.48. The van der Waals surface area contributed by atoms with Crippen LogP contribution in [0.3, 0.4) is 0 Å². The van der Waals surface area contributed by atoms with Gasteiger partial charge in [-0.3, -0.25) is 0 Å². The monoisotopic (exact) mass is 195 g/mol. The van der Waals surface area contributed by atoms with Crippen LogP contribution in [0.1, 0.15) is 45.4 Å². The van der Waals surface area contributed by atoms with E-state index in [1.54, 1.807) is 0 Å². The maximum Gasteiger partial charge on any atom is 0.0733 e. The van der Waals surface area contributed by atoms with Gasteiger partial charge in [-0.15, -0.1) is 0 Å². The molecule has 80 valence electrons. The van der Waals surface area contributed by atoms with Crippen molar-refractivity contribution in [3.63, 3.8) is 0 Å². The lowest BCUT2D eigenvalue weighted by Crippen LogP contribution is -2.44. The molecule has 1 aliphatic carbocycles. The molecule has 2 saturated heterocycles. The molecule has 0 spiro atoms. The first-order valence-electron chi connectivity index (χ1n) is 6.24. The minimum atomic E-state index is 0.549. The van der Waals surface area contributed by atoms with Gasteiger partial charge >= 0.3 is 0 Å². The zero-order valence-electron chi connectivity index (χ0n) is 9.04. The van der Waals surface area contributed by atoms with E-state index in [1.807, 2.05) is 0 Å². The topological polar surface area (TPSA) is 21.3 Å². The van der Waals surface area contributed by atoms with Gasteiger partial charge in [-0.1, -0.05) is 13.3 Å². The van der Waals surface area contributed by atoms with Gasteiger partial charge in [0, 0.05) is 12.1 Å². The molecule has 0 radical (unpaired) electrons. The lowest BCUT2D eigenvalue weighted by atomic mass is 9.94. The summed E-state index contributed by atoms with van der Waals surface area (Å²) in [7, 11) is 0. The molecule has 0 aromatic heterocycles. The summed E-state index contributed by atoms with van der Waals surface area (Å²) in [5.74, 6) is 0.883. The Labute approximate surface area is 86.4 Å². The van der Waals surface area contributed by atoms with Crippen LogP contribution < -0.4 is 5.32 Å². The van der Waals surface area contributed by atoms with E-state index in [9.17, 15) is 0 Å². The van der Waals surface area contributed by atoms with Crippen molar-refractivity contribution in [2.24, 2.45) is 5.92 Å². The molecule has 3 fully saturated rings. The van der Waals surface area contributed by atoms with Crippen molar-refractivity contribution in [1.29, 1.82) is 0 Å². The maximum atomic E-state index is 5.87. The Morgan fingerprint density at radius 3 is 2.57 bits per heavy atom. The lowest BCUT2D eigenvalue weighted by molar-refractivity contribution is 0.0953. The standard InChI is InChI=1S/C12H21NO/c1-8-3-2-4-10(8)13-11-7-9-5-6-12(11)14-9/h8-13H,2-7H2,1H3. The van der Waals surface area contributed by atoms with E-state index < -0.39 is 0 Å². The van der Waals surface area contributed by atoms with Crippen LogP contribution in [-0.4, -0.2) is 24.3 Å². The number of hydrogen-bond donors (Lipinski definition) is 1. The van der Waals surface area contributed by atoms with Gasteiger partial charge in [-0.2, -0.15) is 0 Å². The molecule has 0 amide bonds. The Kier molecular flexibility index (Phi) is 2.29. The molecule has 5 unspecified atom stereocenters. The van der Waals surface area contributed by atoms with Crippen LogP contribution in [0.15, 0.2) is 0 Å². The summed E-state index contributed by atoms with van der Waals surface area (Å²) >= 11 is 0. The van der Waals surface area contributed by atoms with Gasteiger partial charge in [0.2, 0.25) is 0 Å². The van der Waals surface area contributed by atoms with Crippen LogP contribution in [0.4, 0.5) is 0 Å². The summed E-state index contributed by atoms with van der Waals surface area (Å²) < 4.78 is 5.87. The van der Waals surface area contributed by atoms with E-state index in [0.29, 0.717) is 18.2 Å². The minimum Gasteiger partial charge on any atom is -0.373 e. The predicted octanol–water partition coefficient (Wildman–Crippen LogP) is 2.08. The molecule has 3 aliphatic rings. The fraction of sp³-hybridized carbons (Fsp3) is 1.00. The van der Waals surface area contributed by atoms with Crippen LogP contribution in [0.2, 0.25) is 0 Å². The van der Waals surface area contributed by atoms with Gasteiger partial charge in [0.1, 0.15) is 0 Å². The minimum absolute atomic E-state index is 0.549. The van der Waals surface area contributed by atoms with Gasteiger partial charge in [-0.25, -0.2) is 0 Å². The maximum absolute atomic E-state index is 5.87. The second-order valence-corrected chi connectivity index (χ2v) is 5.40. The average molecular weight is 195 g/mol. The van der Waals surface area contributed by atoms with Crippen molar-refractivity contribution in [3.05, 3.63) is 0 Å². The molecule has 2 heterocycles. The molecule has 0 aromatic carbocycles. The van der Waals surface area contributed by atoms with Crippen LogP contribution in [0, 0.1) is 5.92 Å². The molecule has 3 rings (SSSR count). The van der Waals surface area contributed by atoms with Crippen LogP contribution in [0.25, 0.3) is 0 Å². The van der Waals surface area contributed by atoms with Gasteiger partial charge < -0.3 is 10.1 Å². The van der Waals surface area contributed by atoms with Gasteiger partial charge in [0.15, 0.2) is 0 Å². The van der Waals surface area contributed by atoms with E-state index in [4.69, 9.17) is 4.74 Å². The van der Waals surface area contributed by atoms with Crippen molar-refractivity contribution in [2.75, 3.05) is 0 Å². The number of ether oxygens (including phenoxy) is 1. The largest absolute Gasteiger partial charge is 0.373 e. The summed E-state index contributed by atoms with van der Waals surface area (Å²) in [5, 5.41) is 3.83. The van der Waals surface area contributed by atoms with Crippen molar-refractivity contribution in [3.8, 4) is 0 Å². The Bertz CT molecular complexity index is 218. The second kappa shape index (κ2) is 3.49. The lowest BCUT2D eigenvalue weighted by Gasteiger charge is -2.26. The smallest absolute Gasteiger partial charge is 0.0733 e. The molecule has 14 heavy (non-hydrogen) atoms. The first kappa shape index (κ1) is 9.17. The normalized spacial score (nSPS) is 51.6. The third kappa shape index (κ3) is 1.49. The fourth-order valence-electron chi connectivity index (χ4n) is 3.48. The molecule has 5 atom stereocenters. The number of nitrogens with one attached hydrogen (secondary N) is 1. The average Bonchev–Trinajstić information content (AvgIpc) is 2.83. The van der Waals surface area contributed by atoms with E-state index in [2.05, 4.69) is 12.2 Å². The Balaban J connectivity index is 1.57. The zero-order valence-corrected chi connectivity index (χ0v) is 9.04.